The van der Waals surface area contributed by atoms with Gasteiger partial charge < -0.3 is 5.73 Å². The van der Waals surface area contributed by atoms with Crippen LogP contribution in [0.5, 0.6) is 0 Å². The molecule has 2 aromatic rings. The molecule has 0 amide bonds. The van der Waals surface area contributed by atoms with Crippen molar-refractivity contribution in [1.29, 1.82) is 0 Å². The highest BCUT2D eigenvalue weighted by Gasteiger charge is 2.06. The highest BCUT2D eigenvalue weighted by Crippen LogP contribution is 2.28. The van der Waals surface area contributed by atoms with Gasteiger partial charge in [-0.2, -0.15) is 0 Å². The lowest BCUT2D eigenvalue weighted by atomic mass is 10.1. The van der Waals surface area contributed by atoms with Gasteiger partial charge in [-0.3, -0.25) is 0 Å². The number of nitrogens with zero attached hydrogens (tertiary/aromatic N) is 3. The van der Waals surface area contributed by atoms with Gasteiger partial charge in [-0.15, -0.1) is 10.2 Å². The molecule has 0 fully saturated rings. The van der Waals surface area contributed by atoms with Gasteiger partial charge in [-0.25, -0.2) is 4.98 Å². The maximum atomic E-state index is 5.92. The highest BCUT2D eigenvalue weighted by molar-refractivity contribution is 8.01. The third-order valence-electron chi connectivity index (χ3n) is 2.52. The molecule has 0 saturated heterocycles. The molecule has 0 aromatic carbocycles. The molecule has 0 bridgehead atoms. The molecule has 6 heteroatoms. The average Bonchev–Trinajstić information content (AvgIpc) is 2.77. The predicted octanol–water partition coefficient (Wildman–Crippen LogP) is 2.67. The first-order valence-corrected chi connectivity index (χ1v) is 7.49. The van der Waals surface area contributed by atoms with Crippen LogP contribution in [0.1, 0.15) is 23.9 Å². The van der Waals surface area contributed by atoms with E-state index in [2.05, 4.69) is 28.2 Å². The van der Waals surface area contributed by atoms with E-state index in [1.807, 2.05) is 19.2 Å². The molecule has 2 heterocycles. The Morgan fingerprint density at radius 1 is 1.39 bits per heavy atom. The molecule has 0 aliphatic rings. The fraction of sp³-hybridized carbons (Fsp3) is 0.417. The molecule has 0 spiro atoms. The Morgan fingerprint density at radius 3 is 2.78 bits per heavy atom. The summed E-state index contributed by atoms with van der Waals surface area (Å²) in [5.74, 6) is 0. The van der Waals surface area contributed by atoms with Crippen molar-refractivity contribution >= 4 is 23.1 Å². The minimum absolute atomic E-state index is 0.219. The highest BCUT2D eigenvalue weighted by atomic mass is 32.2. The van der Waals surface area contributed by atoms with E-state index in [9.17, 15) is 0 Å². The van der Waals surface area contributed by atoms with E-state index >= 15 is 0 Å². The predicted molar refractivity (Wildman–Crippen MR) is 75.0 cm³/mol. The molecule has 4 nitrogen and oxygen atoms in total. The van der Waals surface area contributed by atoms with E-state index in [1.54, 1.807) is 23.1 Å². The van der Waals surface area contributed by atoms with Gasteiger partial charge in [0.2, 0.25) is 0 Å². The van der Waals surface area contributed by atoms with Gasteiger partial charge in [0.1, 0.15) is 10.0 Å². The smallest absolute Gasteiger partial charge is 0.180 e. The van der Waals surface area contributed by atoms with Gasteiger partial charge in [0.15, 0.2) is 4.34 Å². The summed E-state index contributed by atoms with van der Waals surface area (Å²) in [6.45, 7) is 4.05. The Kier molecular flexibility index (Phi) is 4.68. The van der Waals surface area contributed by atoms with E-state index < -0.39 is 0 Å². The number of hydrogen-bond donors (Lipinski definition) is 1. The van der Waals surface area contributed by atoms with Crippen molar-refractivity contribution < 1.29 is 0 Å². The van der Waals surface area contributed by atoms with E-state index in [4.69, 9.17) is 5.73 Å². The molecule has 0 aliphatic heterocycles. The summed E-state index contributed by atoms with van der Waals surface area (Å²) in [7, 11) is 0. The molecule has 1 unspecified atom stereocenters. The molecule has 2 aromatic heterocycles. The zero-order chi connectivity index (χ0) is 13.0. The number of pyridine rings is 1. The van der Waals surface area contributed by atoms with Crippen LogP contribution in [0.3, 0.4) is 0 Å². The van der Waals surface area contributed by atoms with Crippen LogP contribution in [0.15, 0.2) is 27.7 Å². The molecule has 0 saturated carbocycles. The van der Waals surface area contributed by atoms with E-state index in [-0.39, 0.29) is 6.04 Å². The number of nitrogens with two attached hydrogens (primary N) is 1. The maximum absolute atomic E-state index is 5.92. The van der Waals surface area contributed by atoms with Crippen LogP contribution in [0.25, 0.3) is 0 Å². The fourth-order valence-electron chi connectivity index (χ4n) is 1.45. The Hall–Kier alpha value is -0.980. The Morgan fingerprint density at radius 2 is 2.22 bits per heavy atom. The quantitative estimate of drug-likeness (QED) is 0.912. The average molecular weight is 280 g/mol. The summed E-state index contributed by atoms with van der Waals surface area (Å²) >= 11 is 3.13. The molecule has 2 N–H and O–H groups in total. The zero-order valence-corrected chi connectivity index (χ0v) is 12.1. The standard InChI is InChI=1S/C12H16N4S2/c1-3-10(13)6-9-4-5-11(14-7-9)18-12-16-15-8(2)17-12/h4-5,7,10H,3,6,13H2,1-2H3. The van der Waals surface area contributed by atoms with Gasteiger partial charge in [0.25, 0.3) is 0 Å². The van der Waals surface area contributed by atoms with Gasteiger partial charge in [-0.1, -0.05) is 24.3 Å². The summed E-state index contributed by atoms with van der Waals surface area (Å²) in [5, 5.41) is 9.97. The Balaban J connectivity index is 1.99. The van der Waals surface area contributed by atoms with Crippen molar-refractivity contribution in [2.45, 2.75) is 42.1 Å². The lowest BCUT2D eigenvalue weighted by Crippen LogP contribution is -2.21. The van der Waals surface area contributed by atoms with Crippen molar-refractivity contribution in [2.75, 3.05) is 0 Å². The van der Waals surface area contributed by atoms with E-state index in [0.717, 1.165) is 27.2 Å². The molecule has 0 radical (unpaired) electrons. The monoisotopic (exact) mass is 280 g/mol. The lowest BCUT2D eigenvalue weighted by molar-refractivity contribution is 0.644. The van der Waals surface area contributed by atoms with Crippen molar-refractivity contribution in [3.63, 3.8) is 0 Å². The summed E-state index contributed by atoms with van der Waals surface area (Å²) in [6, 6.07) is 4.31. The van der Waals surface area contributed by atoms with Gasteiger partial charge >= 0.3 is 0 Å². The number of aromatic nitrogens is 3. The third kappa shape index (κ3) is 3.76. The Bertz CT molecular complexity index is 495. The molecular formula is C12H16N4S2. The molecule has 1 atom stereocenters. The number of aryl methyl sites for hydroxylation is 1. The third-order valence-corrected chi connectivity index (χ3v) is 4.36. The first kappa shape index (κ1) is 13.5. The second-order valence-electron chi connectivity index (χ2n) is 4.07. The summed E-state index contributed by atoms with van der Waals surface area (Å²) < 4.78 is 0.929. The van der Waals surface area contributed by atoms with E-state index in [1.165, 1.54) is 5.56 Å². The van der Waals surface area contributed by atoms with Crippen LogP contribution < -0.4 is 5.73 Å². The SMILES string of the molecule is CCC(N)Cc1ccc(Sc2nnc(C)s2)nc1. The largest absolute Gasteiger partial charge is 0.327 e. The Labute approximate surface area is 115 Å². The fourth-order valence-corrected chi connectivity index (χ4v) is 3.15. The number of hydrogen-bond acceptors (Lipinski definition) is 6. The van der Waals surface area contributed by atoms with E-state index in [0.29, 0.717) is 0 Å². The maximum Gasteiger partial charge on any atom is 0.180 e. The molecular weight excluding hydrogens is 264 g/mol. The van der Waals surface area contributed by atoms with Crippen molar-refractivity contribution in [3.05, 3.63) is 28.9 Å². The molecule has 2 rings (SSSR count). The van der Waals surface area contributed by atoms with Crippen molar-refractivity contribution in [1.82, 2.24) is 15.2 Å². The van der Waals surface area contributed by atoms with Crippen LogP contribution in [0.4, 0.5) is 0 Å². The molecule has 18 heavy (non-hydrogen) atoms. The minimum Gasteiger partial charge on any atom is -0.327 e. The van der Waals surface area contributed by atoms with Crippen LogP contribution in [-0.2, 0) is 6.42 Å². The van der Waals surface area contributed by atoms with Crippen LogP contribution >= 0.6 is 23.1 Å². The van der Waals surface area contributed by atoms with Crippen molar-refractivity contribution in [3.8, 4) is 0 Å². The second-order valence-corrected chi connectivity index (χ2v) is 6.52. The number of rotatable bonds is 5. The summed E-state index contributed by atoms with van der Waals surface area (Å²) in [4.78, 5) is 4.42. The molecule has 96 valence electrons. The molecule has 0 aliphatic carbocycles. The van der Waals surface area contributed by atoms with Crippen LogP contribution in [0, 0.1) is 6.92 Å². The topological polar surface area (TPSA) is 64.7 Å². The van der Waals surface area contributed by atoms with Gasteiger partial charge in [-0.05, 0) is 43.2 Å². The normalized spacial score (nSPS) is 12.6. The van der Waals surface area contributed by atoms with Gasteiger partial charge in [0.05, 0.1) is 0 Å². The van der Waals surface area contributed by atoms with Gasteiger partial charge in [0, 0.05) is 12.2 Å². The minimum atomic E-state index is 0.219. The zero-order valence-electron chi connectivity index (χ0n) is 10.5. The second kappa shape index (κ2) is 6.26. The van der Waals surface area contributed by atoms with Crippen LogP contribution in [-0.4, -0.2) is 21.2 Å². The van der Waals surface area contributed by atoms with Crippen molar-refractivity contribution in [2.24, 2.45) is 5.73 Å². The first-order chi connectivity index (χ1) is 8.67. The summed E-state index contributed by atoms with van der Waals surface area (Å²) in [5.41, 5.74) is 7.10. The van der Waals surface area contributed by atoms with Crippen LogP contribution in [0.2, 0.25) is 0 Å². The lowest BCUT2D eigenvalue weighted by Gasteiger charge is -2.08. The summed E-state index contributed by atoms with van der Waals surface area (Å²) in [6.07, 6.45) is 3.76. The first-order valence-electron chi connectivity index (χ1n) is 5.86.